The minimum atomic E-state index is 0. The third-order valence-electron chi connectivity index (χ3n) is 2.89. The molecule has 1 amide bonds. The summed E-state index contributed by atoms with van der Waals surface area (Å²) in [5.74, 6) is 0.819. The standard InChI is InChI=1S/C17H26N4O.HI/c1-4-7-16(22)21-15-10-8-14(9-11-15)13-20-17(18-6-3)19-12-5-2;/h5,8-11H,2,4,6-7,12-13H2,1,3H3,(H,21,22)(H2,18,19,20);1H. The number of amides is 1. The summed E-state index contributed by atoms with van der Waals surface area (Å²) < 4.78 is 0. The highest BCUT2D eigenvalue weighted by Gasteiger charge is 2.01. The fraction of sp³-hybridized carbons (Fsp3) is 0.412. The van der Waals surface area contributed by atoms with Gasteiger partial charge in [-0.3, -0.25) is 4.79 Å². The fourth-order valence-electron chi connectivity index (χ4n) is 1.82. The second-order valence-electron chi connectivity index (χ2n) is 4.86. The van der Waals surface area contributed by atoms with E-state index in [1.807, 2.05) is 38.1 Å². The van der Waals surface area contributed by atoms with Crippen molar-refractivity contribution in [3.8, 4) is 0 Å². The first-order chi connectivity index (χ1) is 10.7. The molecule has 128 valence electrons. The summed E-state index contributed by atoms with van der Waals surface area (Å²) in [6.45, 7) is 9.76. The first-order valence-electron chi connectivity index (χ1n) is 7.71. The number of benzene rings is 1. The molecule has 0 bridgehead atoms. The van der Waals surface area contributed by atoms with Crippen molar-refractivity contribution in [2.45, 2.75) is 33.2 Å². The molecule has 0 saturated carbocycles. The van der Waals surface area contributed by atoms with Crippen molar-refractivity contribution in [1.29, 1.82) is 0 Å². The predicted molar refractivity (Wildman–Crippen MR) is 108 cm³/mol. The summed E-state index contributed by atoms with van der Waals surface area (Å²) in [6, 6.07) is 7.76. The van der Waals surface area contributed by atoms with Gasteiger partial charge in [-0.25, -0.2) is 4.99 Å². The van der Waals surface area contributed by atoms with Gasteiger partial charge in [-0.15, -0.1) is 30.6 Å². The van der Waals surface area contributed by atoms with Crippen LogP contribution in [0, 0.1) is 0 Å². The molecule has 0 spiro atoms. The van der Waals surface area contributed by atoms with Crippen molar-refractivity contribution >= 4 is 41.5 Å². The summed E-state index contributed by atoms with van der Waals surface area (Å²) in [6.07, 6.45) is 3.19. The van der Waals surface area contributed by atoms with Crippen molar-refractivity contribution < 1.29 is 4.79 Å². The second-order valence-corrected chi connectivity index (χ2v) is 4.86. The van der Waals surface area contributed by atoms with Crippen LogP contribution in [-0.4, -0.2) is 25.0 Å². The van der Waals surface area contributed by atoms with E-state index >= 15 is 0 Å². The summed E-state index contributed by atoms with van der Waals surface area (Å²) >= 11 is 0. The summed E-state index contributed by atoms with van der Waals surface area (Å²) in [5, 5.41) is 9.20. The molecule has 0 saturated heterocycles. The van der Waals surface area contributed by atoms with E-state index in [0.29, 0.717) is 19.5 Å². The lowest BCUT2D eigenvalue weighted by molar-refractivity contribution is -0.116. The monoisotopic (exact) mass is 430 g/mol. The number of nitrogens with one attached hydrogen (secondary N) is 3. The predicted octanol–water partition coefficient (Wildman–Crippen LogP) is 3.28. The minimum Gasteiger partial charge on any atom is -0.357 e. The molecule has 23 heavy (non-hydrogen) atoms. The average Bonchev–Trinajstić information content (AvgIpc) is 2.51. The van der Waals surface area contributed by atoms with E-state index in [2.05, 4.69) is 27.5 Å². The summed E-state index contributed by atoms with van der Waals surface area (Å²) in [7, 11) is 0. The highest BCUT2D eigenvalue weighted by Crippen LogP contribution is 2.11. The Morgan fingerprint density at radius 1 is 1.22 bits per heavy atom. The molecule has 3 N–H and O–H groups in total. The van der Waals surface area contributed by atoms with Crippen LogP contribution >= 0.6 is 24.0 Å². The van der Waals surface area contributed by atoms with Gasteiger partial charge in [0.25, 0.3) is 0 Å². The van der Waals surface area contributed by atoms with Gasteiger partial charge in [0.15, 0.2) is 5.96 Å². The molecular weight excluding hydrogens is 403 g/mol. The molecule has 0 fully saturated rings. The smallest absolute Gasteiger partial charge is 0.224 e. The van der Waals surface area contributed by atoms with E-state index < -0.39 is 0 Å². The van der Waals surface area contributed by atoms with Crippen LogP contribution in [0.25, 0.3) is 0 Å². The number of halogens is 1. The van der Waals surface area contributed by atoms with E-state index in [1.165, 1.54) is 0 Å². The number of carbonyl (C=O) groups excluding carboxylic acids is 1. The highest BCUT2D eigenvalue weighted by molar-refractivity contribution is 14.0. The molecule has 1 aromatic rings. The van der Waals surface area contributed by atoms with Gasteiger partial charge in [-0.05, 0) is 31.0 Å². The van der Waals surface area contributed by atoms with Gasteiger partial charge in [0.1, 0.15) is 0 Å². The zero-order valence-electron chi connectivity index (χ0n) is 13.9. The van der Waals surface area contributed by atoms with E-state index in [4.69, 9.17) is 0 Å². The molecule has 0 aliphatic rings. The van der Waals surface area contributed by atoms with Gasteiger partial charge < -0.3 is 16.0 Å². The Labute approximate surface area is 156 Å². The maximum Gasteiger partial charge on any atom is 0.224 e. The Kier molecular flexibility index (Phi) is 12.0. The quantitative estimate of drug-likeness (QED) is 0.257. The van der Waals surface area contributed by atoms with Crippen LogP contribution < -0.4 is 16.0 Å². The lowest BCUT2D eigenvalue weighted by Gasteiger charge is -2.09. The number of carbonyl (C=O) groups is 1. The Balaban J connectivity index is 0.00000484. The molecule has 0 atom stereocenters. The highest BCUT2D eigenvalue weighted by atomic mass is 127. The molecule has 0 radical (unpaired) electrons. The molecule has 6 heteroatoms. The Morgan fingerprint density at radius 3 is 2.48 bits per heavy atom. The van der Waals surface area contributed by atoms with Crippen LogP contribution in [0.15, 0.2) is 41.9 Å². The first kappa shape index (κ1) is 21.4. The third-order valence-corrected chi connectivity index (χ3v) is 2.89. The molecule has 1 aromatic carbocycles. The number of hydrogen-bond donors (Lipinski definition) is 3. The largest absolute Gasteiger partial charge is 0.357 e. The van der Waals surface area contributed by atoms with E-state index in [9.17, 15) is 4.79 Å². The SMILES string of the molecule is C=CCNC(=NCc1ccc(NC(=O)CCC)cc1)NCC.I. The van der Waals surface area contributed by atoms with Gasteiger partial charge in [0.2, 0.25) is 5.91 Å². The minimum absolute atomic E-state index is 0. The summed E-state index contributed by atoms with van der Waals surface area (Å²) in [4.78, 5) is 16.0. The van der Waals surface area contributed by atoms with Crippen LogP contribution in [0.5, 0.6) is 0 Å². The number of hydrogen-bond acceptors (Lipinski definition) is 2. The van der Waals surface area contributed by atoms with Gasteiger partial charge in [-0.1, -0.05) is 25.1 Å². The van der Waals surface area contributed by atoms with Crippen molar-refractivity contribution in [2.24, 2.45) is 4.99 Å². The number of aliphatic imine (C=N–C) groups is 1. The van der Waals surface area contributed by atoms with Crippen LogP contribution in [0.2, 0.25) is 0 Å². The Hall–Kier alpha value is -1.57. The van der Waals surface area contributed by atoms with Crippen molar-refractivity contribution in [3.05, 3.63) is 42.5 Å². The number of guanidine groups is 1. The van der Waals surface area contributed by atoms with E-state index in [-0.39, 0.29) is 29.9 Å². The second kappa shape index (κ2) is 12.9. The van der Waals surface area contributed by atoms with E-state index in [1.54, 1.807) is 6.08 Å². The van der Waals surface area contributed by atoms with Gasteiger partial charge in [0, 0.05) is 25.2 Å². The lowest BCUT2D eigenvalue weighted by atomic mass is 10.2. The van der Waals surface area contributed by atoms with Crippen LogP contribution in [0.3, 0.4) is 0 Å². The zero-order chi connectivity index (χ0) is 16.2. The lowest BCUT2D eigenvalue weighted by Crippen LogP contribution is -2.37. The Morgan fingerprint density at radius 2 is 1.91 bits per heavy atom. The summed E-state index contributed by atoms with van der Waals surface area (Å²) in [5.41, 5.74) is 1.91. The maximum absolute atomic E-state index is 11.5. The topological polar surface area (TPSA) is 65.5 Å². The molecule has 0 heterocycles. The van der Waals surface area contributed by atoms with E-state index in [0.717, 1.165) is 30.2 Å². The molecule has 0 unspecified atom stereocenters. The van der Waals surface area contributed by atoms with Gasteiger partial charge in [0.05, 0.1) is 6.54 Å². The average molecular weight is 430 g/mol. The number of nitrogens with zero attached hydrogens (tertiary/aromatic N) is 1. The van der Waals surface area contributed by atoms with Crippen molar-refractivity contribution in [2.75, 3.05) is 18.4 Å². The molecule has 5 nitrogen and oxygen atoms in total. The third kappa shape index (κ3) is 9.22. The number of rotatable bonds is 8. The molecule has 0 aliphatic carbocycles. The fourth-order valence-corrected chi connectivity index (χ4v) is 1.82. The zero-order valence-corrected chi connectivity index (χ0v) is 16.2. The molecule has 0 aromatic heterocycles. The first-order valence-corrected chi connectivity index (χ1v) is 7.71. The van der Waals surface area contributed by atoms with Crippen LogP contribution in [-0.2, 0) is 11.3 Å². The maximum atomic E-state index is 11.5. The van der Waals surface area contributed by atoms with Crippen LogP contribution in [0.4, 0.5) is 5.69 Å². The normalized spacial score (nSPS) is 10.4. The molecule has 0 aliphatic heterocycles. The van der Waals surface area contributed by atoms with Gasteiger partial charge in [-0.2, -0.15) is 0 Å². The molecular formula is C17H27IN4O. The van der Waals surface area contributed by atoms with Crippen molar-refractivity contribution in [1.82, 2.24) is 10.6 Å². The van der Waals surface area contributed by atoms with Crippen molar-refractivity contribution in [3.63, 3.8) is 0 Å². The Bertz CT molecular complexity index is 500. The van der Waals surface area contributed by atoms with Gasteiger partial charge >= 0.3 is 0 Å². The van der Waals surface area contributed by atoms with Crippen LogP contribution in [0.1, 0.15) is 32.3 Å². The molecule has 1 rings (SSSR count). The number of anilines is 1.